The lowest BCUT2D eigenvalue weighted by Gasteiger charge is -2.34. The second-order valence-electron chi connectivity index (χ2n) is 4.66. The standard InChI is InChI=1S/C11H25N3/c1-8-10(2)13(6)9-12-14(7)11(3,4)5/h12H,2,8-9H2,1,3-7H3. The summed E-state index contributed by atoms with van der Waals surface area (Å²) < 4.78 is 0. The molecule has 0 bridgehead atoms. The van der Waals surface area contributed by atoms with Crippen LogP contribution in [0.3, 0.4) is 0 Å². The Morgan fingerprint density at radius 2 is 1.79 bits per heavy atom. The van der Waals surface area contributed by atoms with Gasteiger partial charge in [0.25, 0.3) is 0 Å². The van der Waals surface area contributed by atoms with Gasteiger partial charge in [0.15, 0.2) is 0 Å². The Morgan fingerprint density at radius 1 is 1.29 bits per heavy atom. The lowest BCUT2D eigenvalue weighted by atomic mass is 10.1. The van der Waals surface area contributed by atoms with E-state index in [0.29, 0.717) is 0 Å². The van der Waals surface area contributed by atoms with Gasteiger partial charge in [-0.3, -0.25) is 0 Å². The van der Waals surface area contributed by atoms with E-state index in [0.717, 1.165) is 18.8 Å². The normalized spacial score (nSPS) is 11.9. The maximum Gasteiger partial charge on any atom is 0.0806 e. The third-order valence-corrected chi connectivity index (χ3v) is 2.50. The van der Waals surface area contributed by atoms with Gasteiger partial charge in [0, 0.05) is 25.3 Å². The van der Waals surface area contributed by atoms with Crippen molar-refractivity contribution < 1.29 is 0 Å². The van der Waals surface area contributed by atoms with Gasteiger partial charge in [-0.15, -0.1) is 0 Å². The van der Waals surface area contributed by atoms with E-state index in [1.807, 2.05) is 0 Å². The van der Waals surface area contributed by atoms with Gasteiger partial charge in [-0.2, -0.15) is 0 Å². The molecule has 0 spiro atoms. The molecule has 0 radical (unpaired) electrons. The summed E-state index contributed by atoms with van der Waals surface area (Å²) >= 11 is 0. The highest BCUT2D eigenvalue weighted by atomic mass is 15.5. The fraction of sp³-hybridized carbons (Fsp3) is 0.818. The molecule has 3 heteroatoms. The number of hydrogen-bond donors (Lipinski definition) is 1. The molecule has 0 aliphatic carbocycles. The molecule has 0 unspecified atom stereocenters. The van der Waals surface area contributed by atoms with Crippen LogP contribution in [0.2, 0.25) is 0 Å². The van der Waals surface area contributed by atoms with E-state index in [2.05, 4.69) is 63.7 Å². The summed E-state index contributed by atoms with van der Waals surface area (Å²) in [6.45, 7) is 13.4. The number of allylic oxidation sites excluding steroid dienone is 1. The summed E-state index contributed by atoms with van der Waals surface area (Å²) in [5, 5.41) is 2.12. The van der Waals surface area contributed by atoms with Crippen LogP contribution >= 0.6 is 0 Å². The number of hydrazine groups is 1. The van der Waals surface area contributed by atoms with Crippen LogP contribution in [0.25, 0.3) is 0 Å². The smallest absolute Gasteiger partial charge is 0.0806 e. The van der Waals surface area contributed by atoms with Gasteiger partial charge in [0.2, 0.25) is 0 Å². The summed E-state index contributed by atoms with van der Waals surface area (Å²) in [5.41, 5.74) is 4.64. The van der Waals surface area contributed by atoms with Crippen molar-refractivity contribution in [2.24, 2.45) is 0 Å². The van der Waals surface area contributed by atoms with Gasteiger partial charge in [-0.05, 0) is 27.2 Å². The molecule has 0 aliphatic rings. The minimum atomic E-state index is 0.147. The Hall–Kier alpha value is -0.540. The van der Waals surface area contributed by atoms with Crippen molar-refractivity contribution in [3.63, 3.8) is 0 Å². The zero-order chi connectivity index (χ0) is 11.4. The Kier molecular flexibility index (Phi) is 5.16. The topological polar surface area (TPSA) is 18.5 Å². The van der Waals surface area contributed by atoms with E-state index in [4.69, 9.17) is 0 Å². The van der Waals surface area contributed by atoms with Gasteiger partial charge in [0.1, 0.15) is 0 Å². The molecule has 84 valence electrons. The molecule has 0 atom stereocenters. The molecule has 0 saturated heterocycles. The summed E-state index contributed by atoms with van der Waals surface area (Å²) in [6.07, 6.45) is 0.997. The Morgan fingerprint density at radius 3 is 2.14 bits per heavy atom. The highest BCUT2D eigenvalue weighted by Gasteiger charge is 2.16. The van der Waals surface area contributed by atoms with Crippen LogP contribution in [0.15, 0.2) is 12.3 Å². The molecule has 0 fully saturated rings. The maximum atomic E-state index is 3.98. The average Bonchev–Trinajstić information content (AvgIpc) is 2.10. The first kappa shape index (κ1) is 13.5. The quantitative estimate of drug-likeness (QED) is 0.540. The Balaban J connectivity index is 3.89. The van der Waals surface area contributed by atoms with Gasteiger partial charge in [-0.1, -0.05) is 13.5 Å². The van der Waals surface area contributed by atoms with Crippen molar-refractivity contribution in [3.05, 3.63) is 12.3 Å². The monoisotopic (exact) mass is 199 g/mol. The molecule has 0 aromatic rings. The highest BCUT2D eigenvalue weighted by Crippen LogP contribution is 2.07. The summed E-state index contributed by atoms with van der Waals surface area (Å²) in [7, 11) is 4.11. The maximum absolute atomic E-state index is 3.98. The first-order valence-corrected chi connectivity index (χ1v) is 5.15. The molecule has 3 nitrogen and oxygen atoms in total. The zero-order valence-electron chi connectivity index (χ0n) is 10.5. The van der Waals surface area contributed by atoms with Gasteiger partial charge >= 0.3 is 0 Å². The molecule has 1 N–H and O–H groups in total. The van der Waals surface area contributed by atoms with E-state index < -0.39 is 0 Å². The van der Waals surface area contributed by atoms with Crippen LogP contribution < -0.4 is 5.43 Å². The number of hydrogen-bond acceptors (Lipinski definition) is 3. The minimum absolute atomic E-state index is 0.147. The summed E-state index contributed by atoms with van der Waals surface area (Å²) in [5.74, 6) is 0. The van der Waals surface area contributed by atoms with Crippen molar-refractivity contribution in [1.82, 2.24) is 15.3 Å². The van der Waals surface area contributed by atoms with Crippen molar-refractivity contribution in [3.8, 4) is 0 Å². The Bertz CT molecular complexity index is 181. The number of nitrogens with zero attached hydrogens (tertiary/aromatic N) is 2. The summed E-state index contributed by atoms with van der Waals surface area (Å²) in [4.78, 5) is 2.13. The van der Waals surface area contributed by atoms with Crippen LogP contribution in [-0.2, 0) is 0 Å². The van der Waals surface area contributed by atoms with Crippen molar-refractivity contribution in [1.29, 1.82) is 0 Å². The number of nitrogens with one attached hydrogen (secondary N) is 1. The fourth-order valence-corrected chi connectivity index (χ4v) is 0.831. The lowest BCUT2D eigenvalue weighted by molar-refractivity contribution is 0.0858. The van der Waals surface area contributed by atoms with Crippen LogP contribution in [0.4, 0.5) is 0 Å². The molecule has 0 aromatic carbocycles. The molecule has 0 saturated carbocycles. The zero-order valence-corrected chi connectivity index (χ0v) is 10.5. The molecule has 14 heavy (non-hydrogen) atoms. The lowest BCUT2D eigenvalue weighted by Crippen LogP contribution is -2.50. The largest absolute Gasteiger partial charge is 0.364 e. The van der Waals surface area contributed by atoms with E-state index >= 15 is 0 Å². The molecule has 0 rings (SSSR count). The predicted molar refractivity (Wildman–Crippen MR) is 62.7 cm³/mol. The van der Waals surface area contributed by atoms with E-state index in [9.17, 15) is 0 Å². The third-order valence-electron chi connectivity index (χ3n) is 2.50. The SMILES string of the molecule is C=C(CC)N(C)CNN(C)C(C)(C)C. The van der Waals surface area contributed by atoms with Crippen LogP contribution in [0.5, 0.6) is 0 Å². The van der Waals surface area contributed by atoms with E-state index in [1.165, 1.54) is 0 Å². The predicted octanol–water partition coefficient (Wildman–Crippen LogP) is 2.03. The second-order valence-corrected chi connectivity index (χ2v) is 4.66. The fourth-order valence-electron chi connectivity index (χ4n) is 0.831. The molecule has 0 amide bonds. The van der Waals surface area contributed by atoms with Crippen LogP contribution in [0.1, 0.15) is 34.1 Å². The van der Waals surface area contributed by atoms with Gasteiger partial charge in [-0.25, -0.2) is 10.4 Å². The molecule has 0 aromatic heterocycles. The first-order valence-electron chi connectivity index (χ1n) is 5.15. The molecular formula is C11H25N3. The molecular weight excluding hydrogens is 174 g/mol. The second kappa shape index (κ2) is 5.37. The van der Waals surface area contributed by atoms with Gasteiger partial charge in [0.05, 0.1) is 6.67 Å². The first-order chi connectivity index (χ1) is 6.29. The Labute approximate surface area is 88.7 Å². The highest BCUT2D eigenvalue weighted by molar-refractivity contribution is 4.89. The van der Waals surface area contributed by atoms with Gasteiger partial charge < -0.3 is 4.90 Å². The van der Waals surface area contributed by atoms with Crippen molar-refractivity contribution >= 4 is 0 Å². The molecule has 0 aliphatic heterocycles. The number of rotatable bonds is 5. The van der Waals surface area contributed by atoms with E-state index in [-0.39, 0.29) is 5.54 Å². The average molecular weight is 199 g/mol. The van der Waals surface area contributed by atoms with Crippen molar-refractivity contribution in [2.45, 2.75) is 39.7 Å². The van der Waals surface area contributed by atoms with Crippen LogP contribution in [-0.4, -0.2) is 36.2 Å². The molecule has 0 heterocycles. The third kappa shape index (κ3) is 4.63. The van der Waals surface area contributed by atoms with Crippen molar-refractivity contribution in [2.75, 3.05) is 20.8 Å². The van der Waals surface area contributed by atoms with E-state index in [1.54, 1.807) is 0 Å². The minimum Gasteiger partial charge on any atom is -0.364 e. The summed E-state index contributed by atoms with van der Waals surface area (Å²) in [6, 6.07) is 0. The van der Waals surface area contributed by atoms with Crippen LogP contribution in [0, 0.1) is 0 Å².